The topological polar surface area (TPSA) is 318 Å². The van der Waals surface area contributed by atoms with Gasteiger partial charge >= 0.3 is 0 Å². The number of benzene rings is 7. The van der Waals surface area contributed by atoms with E-state index in [9.17, 15) is 16.8 Å². The molecule has 19 nitrogen and oxygen atoms in total. The van der Waals surface area contributed by atoms with Crippen LogP contribution in [0.3, 0.4) is 0 Å². The van der Waals surface area contributed by atoms with Crippen LogP contribution < -0.4 is 35.7 Å². The fourth-order valence-corrected chi connectivity index (χ4v) is 8.35. The number of nitriles is 3. The van der Waals surface area contributed by atoms with E-state index in [1.165, 1.54) is 48.5 Å². The molecule has 0 amide bonds. The van der Waals surface area contributed by atoms with Crippen molar-refractivity contribution < 1.29 is 31.4 Å². The lowest BCUT2D eigenvalue weighted by molar-refractivity contribution is 0.368. The summed E-state index contributed by atoms with van der Waals surface area (Å²) in [6, 6.07) is 51.5. The predicted molar refractivity (Wildman–Crippen MR) is 303 cm³/mol. The molecule has 2 heterocycles. The van der Waals surface area contributed by atoms with Crippen LogP contribution in [-0.2, 0) is 20.0 Å². The number of hydrogen-bond acceptors (Lipinski definition) is 17. The Labute approximate surface area is 466 Å². The van der Waals surface area contributed by atoms with E-state index in [2.05, 4.69) is 50.6 Å². The zero-order chi connectivity index (χ0) is 55.8. The number of hydrogen-bond donors (Lipinski definition) is 6. The molecule has 0 aliphatic rings. The lowest BCUT2D eigenvalue weighted by Gasteiger charge is -2.14. The Bertz CT molecular complexity index is 3720. The van der Waals surface area contributed by atoms with Crippen molar-refractivity contribution in [2.45, 2.75) is 9.79 Å². The second-order valence-electron chi connectivity index (χ2n) is 14.9. The maximum Gasteiger partial charge on any atom is 0.263 e. The van der Waals surface area contributed by atoms with Gasteiger partial charge in [-0.25, -0.2) is 36.8 Å². The fraction of sp³-hybridized carbons (Fsp3) is 0.0577. The van der Waals surface area contributed by atoms with Crippen molar-refractivity contribution in [2.24, 2.45) is 0 Å². The van der Waals surface area contributed by atoms with Crippen LogP contribution in [0.5, 0.6) is 17.2 Å². The second kappa shape index (κ2) is 29.4. The molecule has 0 aliphatic heterocycles. The van der Waals surface area contributed by atoms with Gasteiger partial charge in [0.25, 0.3) is 20.0 Å². The Kier molecular flexibility index (Phi) is 22.6. The maximum absolute atomic E-state index is 12.9. The summed E-state index contributed by atoms with van der Waals surface area (Å²) < 4.78 is 65.5. The molecule has 0 saturated heterocycles. The predicted octanol–water partition coefficient (Wildman–Crippen LogP) is 11.5. The fourth-order valence-electron chi connectivity index (χ4n) is 5.84. The van der Waals surface area contributed by atoms with Gasteiger partial charge in [-0.3, -0.25) is 9.44 Å². The number of phenolic OH excluding ortho intramolecular Hbond substituents is 1. The molecular weight excluding hydrogens is 1160 g/mol. The minimum Gasteiger partial charge on any atom is -0.508 e. The maximum atomic E-state index is 12.9. The van der Waals surface area contributed by atoms with Crippen LogP contribution in [0.1, 0.15) is 0 Å². The first-order chi connectivity index (χ1) is 36.9. The van der Waals surface area contributed by atoms with Gasteiger partial charge in [0, 0.05) is 27.1 Å². The molecule has 9 aromatic rings. The Hall–Kier alpha value is -8.66. The summed E-state index contributed by atoms with van der Waals surface area (Å²) in [5.74, 6) is 1.70. The lowest BCUT2D eigenvalue weighted by atomic mass is 10.3. The van der Waals surface area contributed by atoms with Gasteiger partial charge in [-0.2, -0.15) is 15.8 Å². The molecule has 25 heteroatoms. The number of aromatic hydroxyl groups is 1. The van der Waals surface area contributed by atoms with E-state index in [1.54, 1.807) is 115 Å². The van der Waals surface area contributed by atoms with E-state index in [0.29, 0.717) is 66.0 Å². The average Bonchev–Trinajstić information content (AvgIpc) is 3.43. The van der Waals surface area contributed by atoms with Crippen molar-refractivity contribution in [2.75, 3.05) is 44.8 Å². The van der Waals surface area contributed by atoms with E-state index < -0.39 is 20.0 Å². The Balaban J connectivity index is 0.000000208. The van der Waals surface area contributed by atoms with E-state index in [4.69, 9.17) is 76.6 Å². The summed E-state index contributed by atoms with van der Waals surface area (Å²) in [4.78, 5) is 17.4. The number of fused-ring (bicyclic) bond motifs is 2. The quantitative estimate of drug-likeness (QED) is 0.0376. The van der Waals surface area contributed by atoms with Gasteiger partial charge in [0.15, 0.2) is 35.8 Å². The number of ether oxygens (including phenoxy) is 2. The third kappa shape index (κ3) is 19.2. The number of halogens is 4. The number of nitrogens with zero attached hydrogens (tertiary/aromatic N) is 7. The molecule has 0 atom stereocenters. The van der Waals surface area contributed by atoms with Crippen LogP contribution in [0.2, 0.25) is 15.2 Å². The summed E-state index contributed by atoms with van der Waals surface area (Å²) >= 11 is 20.5. The van der Waals surface area contributed by atoms with E-state index in [-0.39, 0.29) is 51.4 Å². The number of nitrogens with two attached hydrogens (primary N) is 2. The Morgan fingerprint density at radius 1 is 0.506 bits per heavy atom. The van der Waals surface area contributed by atoms with Crippen molar-refractivity contribution in [3.8, 4) is 35.5 Å². The average molecular weight is 1200 g/mol. The van der Waals surface area contributed by atoms with Crippen molar-refractivity contribution in [1.29, 1.82) is 15.8 Å². The van der Waals surface area contributed by atoms with Gasteiger partial charge in [0.05, 0.1) is 43.3 Å². The number of sulfonamides is 2. The van der Waals surface area contributed by atoms with Crippen molar-refractivity contribution in [1.82, 2.24) is 19.9 Å². The first-order valence-electron chi connectivity index (χ1n) is 21.9. The minimum absolute atomic E-state index is 0.0174. The molecule has 0 saturated carbocycles. The number of nitrogens with one attached hydrogen (secondary N) is 3. The summed E-state index contributed by atoms with van der Waals surface area (Å²) in [6.07, 6.45) is 0. The third-order valence-corrected chi connectivity index (χ3v) is 13.1. The number of alkyl halides is 1. The van der Waals surface area contributed by atoms with Crippen molar-refractivity contribution in [3.05, 3.63) is 185 Å². The number of para-hydroxylation sites is 4. The van der Waals surface area contributed by atoms with E-state index in [1.807, 2.05) is 24.3 Å². The van der Waals surface area contributed by atoms with Gasteiger partial charge in [-0.15, -0.1) is 0 Å². The molecule has 0 fully saturated rings. The number of nitrogen functional groups attached to an aromatic ring is 2. The summed E-state index contributed by atoms with van der Waals surface area (Å²) in [6.45, 7) is 0.0173. The molecule has 0 radical (unpaired) electrons. The lowest BCUT2D eigenvalue weighted by Crippen LogP contribution is -2.16. The highest BCUT2D eigenvalue weighted by Gasteiger charge is 2.20. The van der Waals surface area contributed by atoms with Gasteiger partial charge < -0.3 is 31.4 Å². The number of phenols is 1. The van der Waals surface area contributed by atoms with Crippen LogP contribution in [-0.4, -0.2) is 60.4 Å². The molecular formula is C52H42BrCl3N12O7S2. The van der Waals surface area contributed by atoms with Gasteiger partial charge in [-0.1, -0.05) is 75.0 Å². The van der Waals surface area contributed by atoms with Crippen LogP contribution >= 0.6 is 50.7 Å². The van der Waals surface area contributed by atoms with Crippen LogP contribution in [0, 0.1) is 34.0 Å². The van der Waals surface area contributed by atoms with Crippen LogP contribution in [0.4, 0.5) is 34.5 Å². The molecule has 9 rings (SSSR count). The first-order valence-corrected chi connectivity index (χ1v) is 27.1. The Morgan fingerprint density at radius 3 is 1.27 bits per heavy atom. The summed E-state index contributed by atoms with van der Waals surface area (Å²) in [5, 5.41) is 37.5. The second-order valence-corrected chi connectivity index (χ2v) is 20.0. The highest BCUT2D eigenvalue weighted by atomic mass is 79.9. The molecule has 2 aromatic heterocycles. The number of aromatic nitrogens is 4. The Morgan fingerprint density at radius 2 is 0.870 bits per heavy atom. The molecule has 8 N–H and O–H groups in total. The van der Waals surface area contributed by atoms with E-state index in [0.717, 1.165) is 0 Å². The zero-order valence-electron chi connectivity index (χ0n) is 39.8. The standard InChI is InChI=1S/C22H16ClN5O3S.C14H9Cl2N3O2S.C8H8N2O.C6H7NO.C2H2BrN/c23-15-5-11-18(12-6-15)32(29,30)28-22-21(26-19-3-1-2-4-20(19)27-22)25-16-7-9-17(10-8-16)31-14-13-24;15-9-5-7-10(8-6-9)22(20,21)19-14-13(16)17-11-3-1-2-4-12(11)18-14;9-5-6-11-8-3-1-7(10)2-4-8;7-5-1-3-6(8)4-2-5;3-1-2-4/h1-12H,14H2,(H,25,26)(H,27,28);1-8H,(H,18,19);1-4H,6,10H2;1-4,8H,7H2;1H2. The molecule has 0 spiro atoms. The highest BCUT2D eigenvalue weighted by Crippen LogP contribution is 2.29. The van der Waals surface area contributed by atoms with Gasteiger partial charge in [-0.05, 0) is 146 Å². The third-order valence-electron chi connectivity index (χ3n) is 9.37. The number of anilines is 6. The number of rotatable bonds is 12. The van der Waals surface area contributed by atoms with Crippen molar-refractivity contribution in [3.63, 3.8) is 0 Å². The molecule has 392 valence electrons. The highest BCUT2D eigenvalue weighted by molar-refractivity contribution is 9.09. The summed E-state index contributed by atoms with van der Waals surface area (Å²) in [5.41, 5.74) is 15.0. The van der Waals surface area contributed by atoms with Gasteiger partial charge in [0.2, 0.25) is 0 Å². The summed E-state index contributed by atoms with van der Waals surface area (Å²) in [7, 11) is -7.75. The zero-order valence-corrected chi connectivity index (χ0v) is 45.3. The molecule has 77 heavy (non-hydrogen) atoms. The molecule has 0 bridgehead atoms. The SMILES string of the molecule is N#CCBr.N#CCOc1ccc(N)cc1.N#CCOc1ccc(Nc2nc3ccccc3nc2NS(=O)(=O)c2ccc(Cl)cc2)cc1.Nc1ccc(O)cc1.O=S(=O)(Nc1nc2ccccc2nc1Cl)c1ccc(Cl)cc1. The normalized spacial score (nSPS) is 10.3. The van der Waals surface area contributed by atoms with Crippen LogP contribution in [0.15, 0.2) is 180 Å². The van der Waals surface area contributed by atoms with E-state index >= 15 is 0 Å². The minimum atomic E-state index is -3.93. The molecule has 0 unspecified atom stereocenters. The largest absolute Gasteiger partial charge is 0.508 e. The van der Waals surface area contributed by atoms with Crippen LogP contribution in [0.25, 0.3) is 22.1 Å². The van der Waals surface area contributed by atoms with Crippen molar-refractivity contribution >= 4 is 127 Å². The first kappa shape index (κ1) is 59.2. The molecule has 7 aromatic carbocycles. The monoisotopic (exact) mass is 1190 g/mol. The van der Waals surface area contributed by atoms with Gasteiger partial charge in [0.1, 0.15) is 29.4 Å². The molecule has 0 aliphatic carbocycles. The smallest absolute Gasteiger partial charge is 0.263 e.